The highest BCUT2D eigenvalue weighted by atomic mass is 16.5. The molecule has 20 heavy (non-hydrogen) atoms. The predicted molar refractivity (Wildman–Crippen MR) is 84.0 cm³/mol. The van der Waals surface area contributed by atoms with Gasteiger partial charge in [-0.25, -0.2) is 0 Å². The van der Waals surface area contributed by atoms with Crippen molar-refractivity contribution < 1.29 is 9.84 Å². The minimum Gasteiger partial charge on any atom is -0.389 e. The molecule has 0 saturated carbocycles. The van der Waals surface area contributed by atoms with E-state index in [2.05, 4.69) is 24.1 Å². The van der Waals surface area contributed by atoms with Crippen LogP contribution in [0.25, 0.3) is 0 Å². The molecule has 1 fully saturated rings. The van der Waals surface area contributed by atoms with Crippen LogP contribution in [0, 0.1) is 5.92 Å². The Kier molecular flexibility index (Phi) is 8.69. The van der Waals surface area contributed by atoms with E-state index in [0.717, 1.165) is 26.2 Å². The smallest absolute Gasteiger partial charge is 0.0900 e. The number of nitrogens with one attached hydrogen (secondary N) is 1. The summed E-state index contributed by atoms with van der Waals surface area (Å²) >= 11 is 0. The Balaban J connectivity index is 2.32. The zero-order valence-corrected chi connectivity index (χ0v) is 13.8. The van der Waals surface area contributed by atoms with Gasteiger partial charge in [0.15, 0.2) is 0 Å². The normalized spacial score (nSPS) is 26.1. The summed E-state index contributed by atoms with van der Waals surface area (Å²) in [7, 11) is 0. The second kappa shape index (κ2) is 9.72. The molecule has 3 unspecified atom stereocenters. The predicted octanol–water partition coefficient (Wildman–Crippen LogP) is 1.87. The highest BCUT2D eigenvalue weighted by Gasteiger charge is 2.28. The first-order valence-electron chi connectivity index (χ1n) is 8.32. The summed E-state index contributed by atoms with van der Waals surface area (Å²) in [6.45, 7) is 13.0. The van der Waals surface area contributed by atoms with Gasteiger partial charge in [-0.15, -0.1) is 0 Å². The fraction of sp³-hybridized carbons (Fsp3) is 1.00. The average Bonchev–Trinajstić information content (AvgIpc) is 2.43. The van der Waals surface area contributed by atoms with Gasteiger partial charge in [0.05, 0.1) is 18.8 Å². The van der Waals surface area contributed by atoms with Crippen LogP contribution in [0.1, 0.15) is 47.0 Å². The number of hydrogen-bond acceptors (Lipinski definition) is 4. The lowest BCUT2D eigenvalue weighted by atomic mass is 9.89. The van der Waals surface area contributed by atoms with Crippen molar-refractivity contribution in [1.29, 1.82) is 0 Å². The van der Waals surface area contributed by atoms with Crippen molar-refractivity contribution in [3.8, 4) is 0 Å². The van der Waals surface area contributed by atoms with Gasteiger partial charge in [0.1, 0.15) is 0 Å². The molecule has 1 aliphatic rings. The molecule has 120 valence electrons. The van der Waals surface area contributed by atoms with Gasteiger partial charge in [-0.1, -0.05) is 20.3 Å². The highest BCUT2D eigenvalue weighted by molar-refractivity contribution is 4.85. The fourth-order valence-corrected chi connectivity index (χ4v) is 2.94. The van der Waals surface area contributed by atoms with E-state index < -0.39 is 0 Å². The van der Waals surface area contributed by atoms with E-state index >= 15 is 0 Å². The number of piperidine rings is 1. The molecule has 0 bridgehead atoms. The summed E-state index contributed by atoms with van der Waals surface area (Å²) in [5, 5.41) is 13.7. The summed E-state index contributed by atoms with van der Waals surface area (Å²) in [5.41, 5.74) is 0. The van der Waals surface area contributed by atoms with Crippen LogP contribution in [0.2, 0.25) is 0 Å². The zero-order valence-electron chi connectivity index (χ0n) is 13.8. The van der Waals surface area contributed by atoms with Gasteiger partial charge in [0.2, 0.25) is 0 Å². The topological polar surface area (TPSA) is 44.7 Å². The molecular weight excluding hydrogens is 252 g/mol. The number of hydrogen-bond donors (Lipinski definition) is 2. The molecule has 0 spiro atoms. The lowest BCUT2D eigenvalue weighted by Gasteiger charge is -2.39. The second-order valence-electron chi connectivity index (χ2n) is 6.31. The number of likely N-dealkylation sites (tertiary alicyclic amines) is 1. The van der Waals surface area contributed by atoms with Gasteiger partial charge in [-0.05, 0) is 45.7 Å². The molecule has 4 heteroatoms. The van der Waals surface area contributed by atoms with Crippen LogP contribution in [0.5, 0.6) is 0 Å². The average molecular weight is 286 g/mol. The molecule has 1 saturated heterocycles. The van der Waals surface area contributed by atoms with E-state index in [4.69, 9.17) is 4.74 Å². The summed E-state index contributed by atoms with van der Waals surface area (Å²) < 4.78 is 5.48. The van der Waals surface area contributed by atoms with Crippen molar-refractivity contribution >= 4 is 0 Å². The minimum atomic E-state index is -0.366. The fourth-order valence-electron chi connectivity index (χ4n) is 2.94. The molecule has 0 aromatic heterocycles. The van der Waals surface area contributed by atoms with Crippen molar-refractivity contribution in [1.82, 2.24) is 10.2 Å². The first-order valence-corrected chi connectivity index (χ1v) is 8.32. The number of aliphatic hydroxyl groups excluding tert-OH is 1. The molecular formula is C16H34N2O2. The highest BCUT2D eigenvalue weighted by Crippen LogP contribution is 2.20. The van der Waals surface area contributed by atoms with Crippen LogP contribution in [-0.2, 0) is 4.74 Å². The maximum absolute atomic E-state index is 10.0. The summed E-state index contributed by atoms with van der Waals surface area (Å²) in [5.74, 6) is 0.702. The lowest BCUT2D eigenvalue weighted by molar-refractivity contribution is -0.0157. The third-order valence-corrected chi connectivity index (χ3v) is 4.09. The van der Waals surface area contributed by atoms with E-state index in [1.54, 1.807) is 0 Å². The molecule has 1 aliphatic heterocycles. The van der Waals surface area contributed by atoms with Crippen LogP contribution in [0.3, 0.4) is 0 Å². The molecule has 1 heterocycles. The van der Waals surface area contributed by atoms with Crippen molar-refractivity contribution in [2.45, 2.75) is 65.2 Å². The first-order chi connectivity index (χ1) is 9.56. The molecule has 0 aliphatic carbocycles. The molecule has 3 atom stereocenters. The number of ether oxygens (including phenoxy) is 1. The number of β-amino-alcohol motifs (C(OH)–C–C–N with tert-alkyl or cyclic N) is 1. The van der Waals surface area contributed by atoms with E-state index in [1.807, 2.05) is 13.8 Å². The number of aliphatic hydroxyl groups is 1. The van der Waals surface area contributed by atoms with Crippen LogP contribution < -0.4 is 5.32 Å². The zero-order chi connectivity index (χ0) is 15.0. The Hall–Kier alpha value is -0.160. The SMILES string of the molecule is CCCNC1CCN(CC(O)COC(C)C)CC1CC. The van der Waals surface area contributed by atoms with Crippen molar-refractivity contribution in [2.75, 3.05) is 32.8 Å². The van der Waals surface area contributed by atoms with Crippen molar-refractivity contribution in [3.05, 3.63) is 0 Å². The molecule has 0 aromatic carbocycles. The van der Waals surface area contributed by atoms with Crippen LogP contribution >= 0.6 is 0 Å². The minimum absolute atomic E-state index is 0.192. The molecule has 2 N–H and O–H groups in total. The standard InChI is InChI=1S/C16H34N2O2/c1-5-8-17-16-7-9-18(10-14(16)6-2)11-15(19)12-20-13(3)4/h13-17,19H,5-12H2,1-4H3. The third kappa shape index (κ3) is 6.53. The van der Waals surface area contributed by atoms with Crippen LogP contribution in [-0.4, -0.2) is 61.0 Å². The Morgan fingerprint density at radius 2 is 2.10 bits per heavy atom. The van der Waals surface area contributed by atoms with Gasteiger partial charge in [0, 0.05) is 19.1 Å². The Labute approximate surface area is 124 Å². The van der Waals surface area contributed by atoms with E-state index in [0.29, 0.717) is 18.6 Å². The van der Waals surface area contributed by atoms with Gasteiger partial charge in [-0.3, -0.25) is 0 Å². The van der Waals surface area contributed by atoms with Crippen molar-refractivity contribution in [3.63, 3.8) is 0 Å². The van der Waals surface area contributed by atoms with E-state index in [-0.39, 0.29) is 12.2 Å². The maximum atomic E-state index is 10.0. The van der Waals surface area contributed by atoms with Gasteiger partial charge in [0.25, 0.3) is 0 Å². The molecule has 0 radical (unpaired) electrons. The Morgan fingerprint density at radius 1 is 1.35 bits per heavy atom. The first kappa shape index (κ1) is 17.9. The van der Waals surface area contributed by atoms with Crippen LogP contribution in [0.4, 0.5) is 0 Å². The quantitative estimate of drug-likeness (QED) is 0.679. The Morgan fingerprint density at radius 3 is 2.70 bits per heavy atom. The summed E-state index contributed by atoms with van der Waals surface area (Å²) in [6, 6.07) is 0.653. The van der Waals surface area contributed by atoms with Crippen molar-refractivity contribution in [2.24, 2.45) is 5.92 Å². The van der Waals surface area contributed by atoms with Crippen LogP contribution in [0.15, 0.2) is 0 Å². The maximum Gasteiger partial charge on any atom is 0.0900 e. The molecule has 1 rings (SSSR count). The van der Waals surface area contributed by atoms with E-state index in [9.17, 15) is 5.11 Å². The molecule has 0 amide bonds. The van der Waals surface area contributed by atoms with Gasteiger partial charge in [-0.2, -0.15) is 0 Å². The number of nitrogens with zero attached hydrogens (tertiary/aromatic N) is 1. The largest absolute Gasteiger partial charge is 0.389 e. The number of rotatable bonds is 9. The lowest BCUT2D eigenvalue weighted by Crippen LogP contribution is -2.51. The summed E-state index contributed by atoms with van der Waals surface area (Å²) in [4.78, 5) is 2.40. The van der Waals surface area contributed by atoms with Gasteiger partial charge >= 0.3 is 0 Å². The van der Waals surface area contributed by atoms with Gasteiger partial charge < -0.3 is 20.1 Å². The second-order valence-corrected chi connectivity index (χ2v) is 6.31. The third-order valence-electron chi connectivity index (χ3n) is 4.09. The molecule has 0 aromatic rings. The Bertz CT molecular complexity index is 249. The monoisotopic (exact) mass is 286 g/mol. The summed E-state index contributed by atoms with van der Waals surface area (Å²) in [6.07, 6.45) is 3.42. The van der Waals surface area contributed by atoms with E-state index in [1.165, 1.54) is 19.3 Å². The molecule has 4 nitrogen and oxygen atoms in total.